The van der Waals surface area contributed by atoms with Crippen LogP contribution >= 0.6 is 30.5 Å². The molecule has 0 aliphatic carbocycles. The average molecular weight is 366 g/mol. The number of halogens is 3. The minimum absolute atomic E-state index is 0.0723. The van der Waals surface area contributed by atoms with Crippen LogP contribution in [0.2, 0.25) is 0 Å². The van der Waals surface area contributed by atoms with Crippen molar-refractivity contribution in [2.75, 3.05) is 6.61 Å². The van der Waals surface area contributed by atoms with E-state index in [9.17, 15) is 13.7 Å². The molecule has 2 unspecified atom stereocenters. The summed E-state index contributed by atoms with van der Waals surface area (Å²) in [6.07, 6.45) is 1.14. The lowest BCUT2D eigenvalue weighted by molar-refractivity contribution is -0.248. The van der Waals surface area contributed by atoms with Gasteiger partial charge in [-0.15, -0.1) is 0 Å². The molecule has 0 N–H and O–H groups in total. The summed E-state index contributed by atoms with van der Waals surface area (Å²) in [4.78, 5) is 12.0. The molecule has 0 saturated carbocycles. The van der Waals surface area contributed by atoms with Gasteiger partial charge in [-0.05, 0) is 42.9 Å². The Morgan fingerprint density at radius 2 is 2.12 bits per heavy atom. The molecule has 0 aromatic rings. The van der Waals surface area contributed by atoms with Gasteiger partial charge in [-0.25, -0.2) is 4.52 Å². The first-order valence-electron chi connectivity index (χ1n) is 4.93. The Labute approximate surface area is 108 Å². The predicted molar refractivity (Wildman–Crippen MR) is 65.4 cm³/mol. The van der Waals surface area contributed by atoms with E-state index in [-0.39, 0.29) is 6.61 Å². The molecule has 0 bridgehead atoms. The predicted octanol–water partition coefficient (Wildman–Crippen LogP) is 3.26. The van der Waals surface area contributed by atoms with Crippen LogP contribution in [0, 0.1) is 0 Å². The highest BCUT2D eigenvalue weighted by atomic mass is 127. The van der Waals surface area contributed by atoms with Crippen molar-refractivity contribution in [3.63, 3.8) is 0 Å². The standard InChI is InChI=1S/C9H14F2IO3P/c1-4-8(3)7(12)6-9(10,11)16(13,15-8)14-5-2/h6H,4-5H2,1-3H3. The fourth-order valence-corrected chi connectivity index (χ4v) is 4.30. The van der Waals surface area contributed by atoms with E-state index in [1.54, 1.807) is 36.4 Å². The molecule has 0 amide bonds. The molecule has 0 radical (unpaired) electrons. The van der Waals surface area contributed by atoms with Crippen LogP contribution in [0.15, 0.2) is 9.66 Å². The molecule has 2 atom stereocenters. The van der Waals surface area contributed by atoms with Gasteiger partial charge in [0.1, 0.15) is 5.60 Å². The van der Waals surface area contributed by atoms with Crippen molar-refractivity contribution in [2.24, 2.45) is 0 Å². The molecule has 3 nitrogen and oxygen atoms in total. The summed E-state index contributed by atoms with van der Waals surface area (Å²) >= 11 is 1.79. The quantitative estimate of drug-likeness (QED) is 0.569. The third-order valence-electron chi connectivity index (χ3n) is 2.47. The van der Waals surface area contributed by atoms with E-state index in [0.29, 0.717) is 16.1 Å². The number of hydrogen-bond donors (Lipinski definition) is 0. The van der Waals surface area contributed by atoms with Crippen LogP contribution in [0.3, 0.4) is 0 Å². The molecule has 1 aliphatic rings. The van der Waals surface area contributed by atoms with Crippen LogP contribution in [-0.2, 0) is 9.05 Å². The van der Waals surface area contributed by atoms with Crippen LogP contribution < -0.4 is 4.89 Å². The Morgan fingerprint density at radius 1 is 1.56 bits per heavy atom. The Kier molecular flexibility index (Phi) is 4.34. The second kappa shape index (κ2) is 4.72. The maximum Gasteiger partial charge on any atom is 0.423 e. The molecular formula is C9H14F2IO3P. The van der Waals surface area contributed by atoms with E-state index in [1.165, 1.54) is 6.92 Å². The third-order valence-corrected chi connectivity index (χ3v) is 6.02. The average Bonchev–Trinajstić information content (AvgIpc) is 2.15. The van der Waals surface area contributed by atoms with Crippen LogP contribution in [0.5, 0.6) is 0 Å². The lowest BCUT2D eigenvalue weighted by Crippen LogP contribution is -2.43. The summed E-state index contributed by atoms with van der Waals surface area (Å²) in [5.41, 5.74) is -4.50. The van der Waals surface area contributed by atoms with E-state index in [2.05, 4.69) is 4.52 Å². The molecule has 0 aromatic carbocycles. The van der Waals surface area contributed by atoms with Gasteiger partial charge in [0.25, 0.3) is 0 Å². The third kappa shape index (κ3) is 2.41. The molecule has 94 valence electrons. The van der Waals surface area contributed by atoms with Gasteiger partial charge in [-0.2, -0.15) is 13.3 Å². The fraction of sp³-hybridized carbons (Fsp3) is 0.778. The molecule has 0 fully saturated rings. The van der Waals surface area contributed by atoms with Crippen molar-refractivity contribution in [3.05, 3.63) is 9.66 Å². The number of hydrogen-bond acceptors (Lipinski definition) is 3. The Morgan fingerprint density at radius 3 is 2.56 bits per heavy atom. The molecule has 0 spiro atoms. The van der Waals surface area contributed by atoms with Gasteiger partial charge in [0.05, 0.1) is 6.61 Å². The van der Waals surface area contributed by atoms with Crippen LogP contribution in [0.25, 0.3) is 0 Å². The summed E-state index contributed by atoms with van der Waals surface area (Å²) in [5.74, 6) is 0. The van der Waals surface area contributed by atoms with Gasteiger partial charge >= 0.3 is 13.6 Å². The summed E-state index contributed by atoms with van der Waals surface area (Å²) in [7, 11) is -4.41. The van der Waals surface area contributed by atoms with Gasteiger partial charge in [0, 0.05) is 9.66 Å². The maximum absolute atomic E-state index is 13.6. The SMILES string of the molecule is CCO[P+]1([O-])OC(C)(CC)C(I)=CC1(F)F. The van der Waals surface area contributed by atoms with Crippen LogP contribution in [0.4, 0.5) is 8.78 Å². The second-order valence-corrected chi connectivity index (χ2v) is 6.87. The lowest BCUT2D eigenvalue weighted by atomic mass is 10.0. The first kappa shape index (κ1) is 14.7. The van der Waals surface area contributed by atoms with Crippen LogP contribution in [0.1, 0.15) is 27.2 Å². The minimum atomic E-state index is -4.41. The number of rotatable bonds is 3. The Balaban J connectivity index is 3.16. The molecule has 0 saturated heterocycles. The Hall–Kier alpha value is 0.640. The largest absolute Gasteiger partial charge is 0.626 e. The molecule has 7 heteroatoms. The Bertz CT molecular complexity index is 313. The zero-order valence-corrected chi connectivity index (χ0v) is 12.3. The first-order valence-corrected chi connectivity index (χ1v) is 7.55. The van der Waals surface area contributed by atoms with E-state index >= 15 is 0 Å². The van der Waals surface area contributed by atoms with Gasteiger partial charge in [-0.1, -0.05) is 6.92 Å². The lowest BCUT2D eigenvalue weighted by Gasteiger charge is -2.42. The van der Waals surface area contributed by atoms with Gasteiger partial charge in [-0.3, -0.25) is 0 Å². The summed E-state index contributed by atoms with van der Waals surface area (Å²) in [5, 5.41) is 0. The van der Waals surface area contributed by atoms with Crippen molar-refractivity contribution in [1.82, 2.24) is 0 Å². The van der Waals surface area contributed by atoms with E-state index in [0.717, 1.165) is 0 Å². The molecule has 16 heavy (non-hydrogen) atoms. The van der Waals surface area contributed by atoms with Crippen molar-refractivity contribution in [2.45, 2.75) is 38.5 Å². The topological polar surface area (TPSA) is 41.5 Å². The fourth-order valence-electron chi connectivity index (χ4n) is 1.27. The molecule has 1 rings (SSSR count). The van der Waals surface area contributed by atoms with E-state index in [4.69, 9.17) is 4.52 Å². The zero-order valence-electron chi connectivity index (χ0n) is 9.30. The summed E-state index contributed by atoms with van der Waals surface area (Å²) in [6, 6.07) is 0. The normalized spacial score (nSPS) is 38.3. The van der Waals surface area contributed by atoms with Gasteiger partial charge in [0.15, 0.2) is 0 Å². The molecular weight excluding hydrogens is 352 g/mol. The summed E-state index contributed by atoms with van der Waals surface area (Å²) in [6.45, 7) is 4.85. The van der Waals surface area contributed by atoms with Crippen molar-refractivity contribution < 1.29 is 22.7 Å². The maximum atomic E-state index is 13.6. The van der Waals surface area contributed by atoms with Crippen molar-refractivity contribution >= 4 is 30.5 Å². The number of alkyl halides is 2. The monoisotopic (exact) mass is 366 g/mol. The van der Waals surface area contributed by atoms with Gasteiger partial charge < -0.3 is 4.89 Å². The smallest absolute Gasteiger partial charge is 0.423 e. The zero-order chi connectivity index (χ0) is 12.6. The second-order valence-electron chi connectivity index (χ2n) is 3.67. The molecule has 0 aromatic heterocycles. The highest BCUT2D eigenvalue weighted by Crippen LogP contribution is 2.71. The summed E-state index contributed by atoms with van der Waals surface area (Å²) < 4.78 is 37.3. The highest BCUT2D eigenvalue weighted by Gasteiger charge is 2.64. The molecule has 1 aliphatic heterocycles. The minimum Gasteiger partial charge on any atom is -0.626 e. The first-order chi connectivity index (χ1) is 7.21. The van der Waals surface area contributed by atoms with Gasteiger partial charge in [0.2, 0.25) is 0 Å². The molecule has 1 heterocycles. The van der Waals surface area contributed by atoms with E-state index in [1.807, 2.05) is 0 Å². The number of allylic oxidation sites excluding steroid dienone is 1. The highest BCUT2D eigenvalue weighted by molar-refractivity contribution is 14.1. The van der Waals surface area contributed by atoms with Crippen molar-refractivity contribution in [1.29, 1.82) is 0 Å². The van der Waals surface area contributed by atoms with Crippen LogP contribution in [-0.4, -0.2) is 17.9 Å². The van der Waals surface area contributed by atoms with Crippen molar-refractivity contribution in [3.8, 4) is 0 Å². The van der Waals surface area contributed by atoms with E-state index < -0.39 is 19.2 Å².